The van der Waals surface area contributed by atoms with Gasteiger partial charge in [-0.25, -0.2) is 13.8 Å². The van der Waals surface area contributed by atoms with Gasteiger partial charge in [0.1, 0.15) is 11.5 Å². The van der Waals surface area contributed by atoms with Crippen molar-refractivity contribution in [3.8, 4) is 28.5 Å². The second-order valence-electron chi connectivity index (χ2n) is 7.91. The highest BCUT2D eigenvalue weighted by molar-refractivity contribution is 5.60. The fourth-order valence-electron chi connectivity index (χ4n) is 4.00. The Morgan fingerprint density at radius 3 is 2.53 bits per heavy atom. The highest BCUT2D eigenvalue weighted by Gasteiger charge is 2.23. The quantitative estimate of drug-likeness (QED) is 0.456. The van der Waals surface area contributed by atoms with Crippen LogP contribution in [0, 0.1) is 5.82 Å². The van der Waals surface area contributed by atoms with Crippen molar-refractivity contribution >= 4 is 5.69 Å². The Labute approximate surface area is 195 Å². The van der Waals surface area contributed by atoms with Gasteiger partial charge in [0.25, 0.3) is 5.43 Å². The highest BCUT2D eigenvalue weighted by atomic mass is 19.1. The third-order valence-corrected chi connectivity index (χ3v) is 5.89. The molecule has 1 aliphatic rings. The Balaban J connectivity index is 1.60. The Bertz CT molecular complexity index is 1430. The molecule has 34 heavy (non-hydrogen) atoms. The zero-order chi connectivity index (χ0) is 23.8. The first-order valence-electron chi connectivity index (χ1n) is 10.7. The molecule has 0 bridgehead atoms. The first-order valence-corrected chi connectivity index (χ1v) is 10.7. The van der Waals surface area contributed by atoms with Crippen molar-refractivity contribution in [3.63, 3.8) is 0 Å². The fourth-order valence-corrected chi connectivity index (χ4v) is 4.00. The lowest BCUT2D eigenvalue weighted by Crippen LogP contribution is -2.20. The molecule has 5 rings (SSSR count). The van der Waals surface area contributed by atoms with Gasteiger partial charge in [-0.05, 0) is 36.4 Å². The summed E-state index contributed by atoms with van der Waals surface area (Å²) in [6, 6.07) is 16.0. The maximum atomic E-state index is 15.3. The zero-order valence-electron chi connectivity index (χ0n) is 18.8. The van der Waals surface area contributed by atoms with E-state index in [9.17, 15) is 4.79 Å². The Hall–Kier alpha value is -4.40. The van der Waals surface area contributed by atoms with Gasteiger partial charge in [-0.1, -0.05) is 24.8 Å². The van der Waals surface area contributed by atoms with E-state index in [4.69, 9.17) is 4.74 Å². The Kier molecular flexibility index (Phi) is 5.37. The minimum Gasteiger partial charge on any atom is -0.491 e. The molecule has 0 N–H and O–H groups in total. The number of halogens is 1. The van der Waals surface area contributed by atoms with Crippen LogP contribution in [0.4, 0.5) is 10.1 Å². The van der Waals surface area contributed by atoms with Crippen LogP contribution in [0.5, 0.6) is 5.75 Å². The molecule has 0 amide bonds. The number of hydrogen-bond acceptors (Lipinski definition) is 6. The number of benzene rings is 2. The summed E-state index contributed by atoms with van der Waals surface area (Å²) in [5.41, 5.74) is 1.81. The molecule has 0 spiro atoms. The van der Waals surface area contributed by atoms with E-state index in [2.05, 4.69) is 16.8 Å². The summed E-state index contributed by atoms with van der Waals surface area (Å²) >= 11 is 0. The number of rotatable bonds is 5. The minimum absolute atomic E-state index is 0.0452. The molecule has 9 heteroatoms. The molecule has 2 aromatic carbocycles. The second kappa shape index (κ2) is 8.51. The SMILES string of the molecule is C=C1N(C)CCN1c1ccc(-n2cc(OC)c(=O)c(-c3ccnn3-c3ccccc3)n2)c(F)c1. The van der Waals surface area contributed by atoms with E-state index < -0.39 is 11.2 Å². The molecule has 0 unspecified atom stereocenters. The van der Waals surface area contributed by atoms with Crippen LogP contribution >= 0.6 is 0 Å². The van der Waals surface area contributed by atoms with E-state index in [1.54, 1.807) is 23.0 Å². The van der Waals surface area contributed by atoms with E-state index in [1.807, 2.05) is 53.2 Å². The molecule has 0 atom stereocenters. The van der Waals surface area contributed by atoms with Crippen LogP contribution in [0.1, 0.15) is 0 Å². The highest BCUT2D eigenvalue weighted by Crippen LogP contribution is 2.28. The Morgan fingerprint density at radius 1 is 1.06 bits per heavy atom. The van der Waals surface area contributed by atoms with Crippen LogP contribution in [0.3, 0.4) is 0 Å². The number of likely N-dealkylation sites (N-methyl/N-ethyl adjacent to an activating group) is 1. The maximum absolute atomic E-state index is 15.3. The van der Waals surface area contributed by atoms with E-state index in [0.717, 1.165) is 24.6 Å². The average Bonchev–Trinajstić information content (AvgIpc) is 3.47. The molecular formula is C25H23FN6O2. The van der Waals surface area contributed by atoms with E-state index in [-0.39, 0.29) is 17.1 Å². The maximum Gasteiger partial charge on any atom is 0.251 e. The van der Waals surface area contributed by atoms with Crippen molar-refractivity contribution in [2.24, 2.45) is 0 Å². The molecule has 0 aliphatic carbocycles. The largest absolute Gasteiger partial charge is 0.491 e. The summed E-state index contributed by atoms with van der Waals surface area (Å²) in [5, 5.41) is 8.82. The molecule has 3 heterocycles. The summed E-state index contributed by atoms with van der Waals surface area (Å²) in [6.45, 7) is 5.61. The van der Waals surface area contributed by atoms with Gasteiger partial charge in [0, 0.05) is 25.8 Å². The molecule has 172 valence electrons. The summed E-state index contributed by atoms with van der Waals surface area (Å²) in [7, 11) is 3.35. The third kappa shape index (κ3) is 3.61. The monoisotopic (exact) mass is 458 g/mol. The first-order chi connectivity index (χ1) is 16.5. The van der Waals surface area contributed by atoms with Crippen LogP contribution < -0.4 is 15.1 Å². The number of nitrogens with zero attached hydrogens (tertiary/aromatic N) is 6. The van der Waals surface area contributed by atoms with Gasteiger partial charge >= 0.3 is 0 Å². The van der Waals surface area contributed by atoms with Crippen molar-refractivity contribution in [2.45, 2.75) is 0 Å². The molecule has 0 radical (unpaired) electrons. The van der Waals surface area contributed by atoms with Crippen LogP contribution in [0.25, 0.3) is 22.8 Å². The summed E-state index contributed by atoms with van der Waals surface area (Å²) < 4.78 is 23.5. The van der Waals surface area contributed by atoms with Gasteiger partial charge in [-0.2, -0.15) is 10.2 Å². The second-order valence-corrected chi connectivity index (χ2v) is 7.91. The van der Waals surface area contributed by atoms with Crippen molar-refractivity contribution < 1.29 is 9.13 Å². The molecule has 1 aliphatic heterocycles. The van der Waals surface area contributed by atoms with E-state index in [0.29, 0.717) is 11.4 Å². The normalized spacial score (nSPS) is 13.6. The third-order valence-electron chi connectivity index (χ3n) is 5.89. The molecule has 4 aromatic rings. The zero-order valence-corrected chi connectivity index (χ0v) is 18.8. The topological polar surface area (TPSA) is 68.4 Å². The molecule has 1 fully saturated rings. The number of methoxy groups -OCH3 is 1. The van der Waals surface area contributed by atoms with Gasteiger partial charge in [0.05, 0.1) is 30.9 Å². The lowest BCUT2D eigenvalue weighted by Gasteiger charge is -2.21. The number of anilines is 1. The van der Waals surface area contributed by atoms with Crippen LogP contribution in [-0.4, -0.2) is 51.7 Å². The van der Waals surface area contributed by atoms with Gasteiger partial charge in [0.2, 0.25) is 0 Å². The minimum atomic E-state index is -0.486. The van der Waals surface area contributed by atoms with Crippen LogP contribution in [0.15, 0.2) is 84.2 Å². The first kappa shape index (κ1) is 21.4. The van der Waals surface area contributed by atoms with E-state index in [1.165, 1.54) is 24.1 Å². The molecule has 2 aromatic heterocycles. The number of aromatic nitrogens is 4. The molecular weight excluding hydrogens is 435 g/mol. The van der Waals surface area contributed by atoms with Gasteiger partial charge < -0.3 is 14.5 Å². The standard InChI is InChI=1S/C25H23FN6O2/c1-17-29(2)13-14-30(17)19-9-10-21(20(26)15-19)31-16-23(34-3)25(33)24(28-31)22-11-12-27-32(22)18-7-5-4-6-8-18/h4-12,15-16H,1,13-14H2,2-3H3. The predicted molar refractivity (Wildman–Crippen MR) is 128 cm³/mol. The van der Waals surface area contributed by atoms with Gasteiger partial charge in [-0.15, -0.1) is 0 Å². The van der Waals surface area contributed by atoms with Crippen molar-refractivity contribution in [2.75, 3.05) is 32.1 Å². The number of ether oxygens (including phenoxy) is 1. The fraction of sp³-hybridized carbons (Fsp3) is 0.160. The smallest absolute Gasteiger partial charge is 0.251 e. The van der Waals surface area contributed by atoms with Crippen molar-refractivity contribution in [3.05, 3.63) is 95.4 Å². The van der Waals surface area contributed by atoms with Crippen LogP contribution in [-0.2, 0) is 0 Å². The molecule has 0 saturated carbocycles. The average molecular weight is 458 g/mol. The van der Waals surface area contributed by atoms with Crippen molar-refractivity contribution in [1.29, 1.82) is 0 Å². The lowest BCUT2D eigenvalue weighted by atomic mass is 10.2. The lowest BCUT2D eigenvalue weighted by molar-refractivity contribution is 0.405. The number of para-hydroxylation sites is 1. The van der Waals surface area contributed by atoms with Gasteiger partial charge in [0.15, 0.2) is 17.3 Å². The predicted octanol–water partition coefficient (Wildman–Crippen LogP) is 3.46. The van der Waals surface area contributed by atoms with Gasteiger partial charge in [-0.3, -0.25) is 4.79 Å². The summed E-state index contributed by atoms with van der Waals surface area (Å²) in [4.78, 5) is 17.1. The summed E-state index contributed by atoms with van der Waals surface area (Å²) in [6.07, 6.45) is 2.97. The number of hydrogen-bond donors (Lipinski definition) is 0. The van der Waals surface area contributed by atoms with Crippen molar-refractivity contribution in [1.82, 2.24) is 24.5 Å². The van der Waals surface area contributed by atoms with Crippen LogP contribution in [0.2, 0.25) is 0 Å². The molecule has 8 nitrogen and oxygen atoms in total. The summed E-state index contributed by atoms with van der Waals surface area (Å²) in [5.74, 6) is 0.371. The Morgan fingerprint density at radius 2 is 1.85 bits per heavy atom. The van der Waals surface area contributed by atoms with E-state index >= 15 is 4.39 Å². The molecule has 1 saturated heterocycles.